The molecule has 0 spiro atoms. The van der Waals surface area contributed by atoms with Crippen molar-refractivity contribution in [1.29, 1.82) is 0 Å². The number of rotatable bonds is 6. The summed E-state index contributed by atoms with van der Waals surface area (Å²) < 4.78 is 0. The van der Waals surface area contributed by atoms with Gasteiger partial charge in [-0.3, -0.25) is 0 Å². The molecule has 0 unspecified atom stereocenters. The maximum absolute atomic E-state index is 5.43. The van der Waals surface area contributed by atoms with Gasteiger partial charge in [-0.25, -0.2) is 9.97 Å². The first-order valence-electron chi connectivity index (χ1n) is 5.61. The molecule has 0 atom stereocenters. The van der Waals surface area contributed by atoms with E-state index in [4.69, 9.17) is 18.0 Å². The van der Waals surface area contributed by atoms with Crippen molar-refractivity contribution in [3.8, 4) is 0 Å². The first-order valence-corrected chi connectivity index (χ1v) is 6.02. The Kier molecular flexibility index (Phi) is 3.66. The van der Waals surface area contributed by atoms with Gasteiger partial charge < -0.3 is 11.1 Å². The van der Waals surface area contributed by atoms with Gasteiger partial charge >= 0.3 is 0 Å². The van der Waals surface area contributed by atoms with E-state index < -0.39 is 0 Å². The van der Waals surface area contributed by atoms with Crippen LogP contribution in [0.5, 0.6) is 0 Å². The summed E-state index contributed by atoms with van der Waals surface area (Å²) >= 11 is 4.80. The molecule has 1 aromatic heterocycles. The lowest BCUT2D eigenvalue weighted by Gasteiger charge is -2.05. The Morgan fingerprint density at radius 3 is 2.81 bits per heavy atom. The summed E-state index contributed by atoms with van der Waals surface area (Å²) in [5.74, 6) is 1.78. The Labute approximate surface area is 101 Å². The van der Waals surface area contributed by atoms with Crippen LogP contribution in [0.3, 0.4) is 0 Å². The van der Waals surface area contributed by atoms with Crippen LogP contribution in [0.1, 0.15) is 31.4 Å². The molecule has 1 heterocycles. The lowest BCUT2D eigenvalue weighted by molar-refractivity contribution is 0.686. The van der Waals surface area contributed by atoms with E-state index in [0.29, 0.717) is 5.69 Å². The lowest BCUT2D eigenvalue weighted by atomic mass is 10.2. The Bertz CT molecular complexity index is 359. The predicted octanol–water partition coefficient (Wildman–Crippen LogP) is 1.71. The smallest absolute Gasteiger partial charge is 0.144 e. The monoisotopic (exact) mass is 236 g/mol. The van der Waals surface area contributed by atoms with Crippen LogP contribution in [-0.4, -0.2) is 21.5 Å². The number of hydrogen-bond acceptors (Lipinski definition) is 4. The molecule has 1 fully saturated rings. The third kappa shape index (κ3) is 3.41. The van der Waals surface area contributed by atoms with Crippen molar-refractivity contribution >= 4 is 23.0 Å². The standard InChI is InChI=1S/C11H16N4S/c12-11(16)9-6-15-10(7-14-9)13-5-1-2-8-3-4-8/h6-8H,1-5H2,(H2,12,16)(H,13,15). The maximum atomic E-state index is 5.43. The van der Waals surface area contributed by atoms with Gasteiger partial charge in [0.15, 0.2) is 0 Å². The number of anilines is 1. The van der Waals surface area contributed by atoms with Crippen LogP contribution in [0.15, 0.2) is 12.4 Å². The van der Waals surface area contributed by atoms with Crippen LogP contribution in [0.2, 0.25) is 0 Å². The highest BCUT2D eigenvalue weighted by molar-refractivity contribution is 7.80. The van der Waals surface area contributed by atoms with Gasteiger partial charge in [-0.1, -0.05) is 25.1 Å². The molecule has 0 radical (unpaired) electrons. The van der Waals surface area contributed by atoms with E-state index in [9.17, 15) is 0 Å². The van der Waals surface area contributed by atoms with E-state index in [-0.39, 0.29) is 4.99 Å². The summed E-state index contributed by atoms with van der Waals surface area (Å²) in [7, 11) is 0. The zero-order valence-corrected chi connectivity index (χ0v) is 9.96. The quantitative estimate of drug-likeness (QED) is 0.581. The van der Waals surface area contributed by atoms with Gasteiger partial charge in [-0.2, -0.15) is 0 Å². The summed E-state index contributed by atoms with van der Waals surface area (Å²) in [4.78, 5) is 8.59. The van der Waals surface area contributed by atoms with Gasteiger partial charge in [0.2, 0.25) is 0 Å². The number of nitrogens with zero attached hydrogens (tertiary/aromatic N) is 2. The van der Waals surface area contributed by atoms with Crippen LogP contribution in [0.25, 0.3) is 0 Å². The topological polar surface area (TPSA) is 63.8 Å². The SMILES string of the molecule is NC(=S)c1cnc(NCCCC2CC2)cn1. The second-order valence-electron chi connectivity index (χ2n) is 4.16. The number of nitrogens with one attached hydrogen (secondary N) is 1. The average Bonchev–Trinajstić information content (AvgIpc) is 3.09. The summed E-state index contributed by atoms with van der Waals surface area (Å²) in [6.07, 6.45) is 8.64. The van der Waals surface area contributed by atoms with E-state index in [1.54, 1.807) is 12.4 Å². The molecule has 1 saturated carbocycles. The highest BCUT2D eigenvalue weighted by Gasteiger charge is 2.19. The van der Waals surface area contributed by atoms with E-state index in [1.165, 1.54) is 25.7 Å². The van der Waals surface area contributed by atoms with Crippen molar-refractivity contribution in [3.05, 3.63) is 18.1 Å². The lowest BCUT2D eigenvalue weighted by Crippen LogP contribution is -2.12. The van der Waals surface area contributed by atoms with Crippen LogP contribution in [0.4, 0.5) is 5.82 Å². The number of thiocarbonyl (C=S) groups is 1. The largest absolute Gasteiger partial charge is 0.388 e. The van der Waals surface area contributed by atoms with Crippen LogP contribution in [0, 0.1) is 5.92 Å². The second-order valence-corrected chi connectivity index (χ2v) is 4.60. The fourth-order valence-electron chi connectivity index (χ4n) is 1.56. The molecule has 86 valence electrons. The molecule has 0 bridgehead atoms. The third-order valence-electron chi connectivity index (χ3n) is 2.70. The number of aromatic nitrogens is 2. The molecular formula is C11H16N4S. The Morgan fingerprint density at radius 1 is 1.44 bits per heavy atom. The molecule has 0 amide bonds. The molecule has 1 aliphatic carbocycles. The van der Waals surface area contributed by atoms with Crippen molar-refractivity contribution < 1.29 is 0 Å². The van der Waals surface area contributed by atoms with Gasteiger partial charge in [0.1, 0.15) is 16.5 Å². The van der Waals surface area contributed by atoms with E-state index in [2.05, 4.69) is 15.3 Å². The molecule has 5 heteroatoms. The number of nitrogens with two attached hydrogens (primary N) is 1. The van der Waals surface area contributed by atoms with Gasteiger partial charge in [0.05, 0.1) is 12.4 Å². The molecule has 16 heavy (non-hydrogen) atoms. The zero-order valence-electron chi connectivity index (χ0n) is 9.15. The van der Waals surface area contributed by atoms with Gasteiger partial charge in [-0.05, 0) is 18.8 Å². The second kappa shape index (κ2) is 5.21. The van der Waals surface area contributed by atoms with E-state index in [1.807, 2.05) is 0 Å². The fraction of sp³-hybridized carbons (Fsp3) is 0.545. The van der Waals surface area contributed by atoms with E-state index >= 15 is 0 Å². The summed E-state index contributed by atoms with van der Waals surface area (Å²) in [6.45, 7) is 0.956. The normalized spacial score (nSPS) is 14.8. The predicted molar refractivity (Wildman–Crippen MR) is 68.4 cm³/mol. The Morgan fingerprint density at radius 2 is 2.25 bits per heavy atom. The van der Waals surface area contributed by atoms with Crippen LogP contribution < -0.4 is 11.1 Å². The zero-order chi connectivity index (χ0) is 11.4. The molecule has 4 nitrogen and oxygen atoms in total. The molecule has 0 saturated heterocycles. The van der Waals surface area contributed by atoms with Crippen molar-refractivity contribution in [2.75, 3.05) is 11.9 Å². The highest BCUT2D eigenvalue weighted by Crippen LogP contribution is 2.33. The highest BCUT2D eigenvalue weighted by atomic mass is 32.1. The Balaban J connectivity index is 1.73. The minimum Gasteiger partial charge on any atom is -0.388 e. The maximum Gasteiger partial charge on any atom is 0.144 e. The van der Waals surface area contributed by atoms with Crippen molar-refractivity contribution in [2.24, 2.45) is 11.7 Å². The van der Waals surface area contributed by atoms with Crippen molar-refractivity contribution in [1.82, 2.24) is 9.97 Å². The molecule has 0 aromatic carbocycles. The molecular weight excluding hydrogens is 220 g/mol. The first-order chi connectivity index (χ1) is 7.75. The molecule has 2 rings (SSSR count). The van der Waals surface area contributed by atoms with Crippen LogP contribution in [-0.2, 0) is 0 Å². The van der Waals surface area contributed by atoms with Gasteiger partial charge in [-0.15, -0.1) is 0 Å². The third-order valence-corrected chi connectivity index (χ3v) is 2.91. The fourth-order valence-corrected chi connectivity index (χ4v) is 1.67. The first kappa shape index (κ1) is 11.3. The summed E-state index contributed by atoms with van der Waals surface area (Å²) in [5.41, 5.74) is 6.00. The molecule has 1 aromatic rings. The van der Waals surface area contributed by atoms with Gasteiger partial charge in [0.25, 0.3) is 0 Å². The summed E-state index contributed by atoms with van der Waals surface area (Å²) in [5, 5.41) is 3.24. The van der Waals surface area contributed by atoms with E-state index in [0.717, 1.165) is 18.3 Å². The molecule has 0 aliphatic heterocycles. The number of hydrogen-bond donors (Lipinski definition) is 2. The molecule has 3 N–H and O–H groups in total. The minimum atomic E-state index is 0.285. The van der Waals surface area contributed by atoms with Crippen LogP contribution >= 0.6 is 12.2 Å². The Hall–Kier alpha value is -1.23. The van der Waals surface area contributed by atoms with Crippen molar-refractivity contribution in [2.45, 2.75) is 25.7 Å². The summed E-state index contributed by atoms with van der Waals surface area (Å²) in [6, 6.07) is 0. The van der Waals surface area contributed by atoms with Crippen molar-refractivity contribution in [3.63, 3.8) is 0 Å². The molecule has 1 aliphatic rings. The van der Waals surface area contributed by atoms with Gasteiger partial charge in [0, 0.05) is 6.54 Å². The minimum absolute atomic E-state index is 0.285. The average molecular weight is 236 g/mol.